The third-order valence-corrected chi connectivity index (χ3v) is 6.56. The van der Waals surface area contributed by atoms with E-state index in [0.29, 0.717) is 6.42 Å². The molecule has 2 aromatic carbocycles. The third kappa shape index (κ3) is 3.56. The fourth-order valence-electron chi connectivity index (χ4n) is 5.01. The number of fused-ring (bicyclic) bond motifs is 4. The van der Waals surface area contributed by atoms with Crippen LogP contribution in [0, 0.1) is 0 Å². The van der Waals surface area contributed by atoms with E-state index in [9.17, 15) is 4.79 Å². The molecule has 1 saturated heterocycles. The van der Waals surface area contributed by atoms with E-state index >= 15 is 0 Å². The third-order valence-electron chi connectivity index (χ3n) is 6.56. The molecule has 5 rings (SSSR count). The van der Waals surface area contributed by atoms with E-state index in [4.69, 9.17) is 9.47 Å². The molecule has 0 unspecified atom stereocenters. The zero-order valence-corrected chi connectivity index (χ0v) is 18.0. The first-order chi connectivity index (χ1) is 15.2. The number of methoxy groups -OCH3 is 2. The molecule has 2 bridgehead atoms. The van der Waals surface area contributed by atoms with E-state index in [2.05, 4.69) is 16.1 Å². The molecular formula is C25H27N3O3. The highest BCUT2D eigenvalue weighted by molar-refractivity contribution is 5.78. The monoisotopic (exact) mass is 417 g/mol. The van der Waals surface area contributed by atoms with Crippen LogP contribution in [0.3, 0.4) is 0 Å². The molecule has 6 nitrogen and oxygen atoms in total. The second-order valence-corrected chi connectivity index (χ2v) is 8.26. The van der Waals surface area contributed by atoms with E-state index in [0.717, 1.165) is 48.4 Å². The van der Waals surface area contributed by atoms with Gasteiger partial charge in [0.2, 0.25) is 5.91 Å². The first kappa shape index (κ1) is 19.7. The van der Waals surface area contributed by atoms with Gasteiger partial charge in [0.15, 0.2) is 0 Å². The van der Waals surface area contributed by atoms with Crippen LogP contribution in [0.4, 0.5) is 0 Å². The Hall–Kier alpha value is -3.28. The number of rotatable bonds is 6. The zero-order chi connectivity index (χ0) is 21.4. The first-order valence-electron chi connectivity index (χ1n) is 10.8. The van der Waals surface area contributed by atoms with Crippen molar-refractivity contribution in [2.75, 3.05) is 14.2 Å². The standard InChI is InChI=1S/C25H27N3O3/c1-30-20-10-7-18(8-11-20)28-24-15-19-9-12-23(22(24)16-26-28)27(19)25(29)13-6-17-4-3-5-21(14-17)31-2/h3-5,7-8,10-11,14,16,19,23H,6,9,12-13,15H2,1-2H3/t19-,23+/m0/s1. The molecule has 160 valence electrons. The molecule has 1 aromatic heterocycles. The van der Waals surface area contributed by atoms with Crippen molar-refractivity contribution in [3.05, 3.63) is 71.5 Å². The van der Waals surface area contributed by atoms with Crippen molar-refractivity contribution >= 4 is 5.91 Å². The molecule has 0 radical (unpaired) electrons. The van der Waals surface area contributed by atoms with Gasteiger partial charge >= 0.3 is 0 Å². The van der Waals surface area contributed by atoms with Gasteiger partial charge < -0.3 is 14.4 Å². The molecule has 0 spiro atoms. The summed E-state index contributed by atoms with van der Waals surface area (Å²) in [6.07, 6.45) is 6.10. The number of hydrogen-bond donors (Lipinski definition) is 0. The molecule has 2 aliphatic heterocycles. The maximum absolute atomic E-state index is 13.2. The van der Waals surface area contributed by atoms with Gasteiger partial charge in [-0.1, -0.05) is 12.1 Å². The lowest BCUT2D eigenvalue weighted by Crippen LogP contribution is -2.42. The summed E-state index contributed by atoms with van der Waals surface area (Å²) in [4.78, 5) is 15.3. The number of aromatic nitrogens is 2. The summed E-state index contributed by atoms with van der Waals surface area (Å²) in [6.45, 7) is 0. The summed E-state index contributed by atoms with van der Waals surface area (Å²) in [5, 5.41) is 4.67. The van der Waals surface area contributed by atoms with Crippen LogP contribution in [-0.2, 0) is 17.6 Å². The Balaban J connectivity index is 1.34. The molecule has 2 atom stereocenters. The van der Waals surface area contributed by atoms with E-state index in [1.54, 1.807) is 14.2 Å². The van der Waals surface area contributed by atoms with Gasteiger partial charge in [0.05, 0.1) is 37.8 Å². The van der Waals surface area contributed by atoms with Crippen LogP contribution in [0.5, 0.6) is 11.5 Å². The minimum Gasteiger partial charge on any atom is -0.497 e. The van der Waals surface area contributed by atoms with Crippen molar-refractivity contribution in [3.63, 3.8) is 0 Å². The fourth-order valence-corrected chi connectivity index (χ4v) is 5.01. The van der Waals surface area contributed by atoms with Crippen molar-refractivity contribution in [2.24, 2.45) is 0 Å². The van der Waals surface area contributed by atoms with Crippen LogP contribution in [0.25, 0.3) is 5.69 Å². The maximum atomic E-state index is 13.2. The average Bonchev–Trinajstić information content (AvgIpc) is 3.38. The molecule has 1 fully saturated rings. The topological polar surface area (TPSA) is 56.6 Å². The highest BCUT2D eigenvalue weighted by Gasteiger charge is 2.44. The number of amides is 1. The molecule has 3 aromatic rings. The Bertz CT molecular complexity index is 1090. The van der Waals surface area contributed by atoms with Gasteiger partial charge in [0.1, 0.15) is 11.5 Å². The van der Waals surface area contributed by atoms with Gasteiger partial charge in [-0.05, 0) is 61.2 Å². The Kier molecular flexibility index (Phi) is 5.14. The number of nitrogens with zero attached hydrogens (tertiary/aromatic N) is 3. The second kappa shape index (κ2) is 8.10. The van der Waals surface area contributed by atoms with Crippen molar-refractivity contribution in [3.8, 4) is 17.2 Å². The molecular weight excluding hydrogens is 390 g/mol. The molecule has 0 saturated carbocycles. The number of hydrogen-bond acceptors (Lipinski definition) is 4. The summed E-state index contributed by atoms with van der Waals surface area (Å²) >= 11 is 0. The van der Waals surface area contributed by atoms with Crippen LogP contribution in [0.15, 0.2) is 54.7 Å². The molecule has 0 aliphatic carbocycles. The Labute approximate surface area is 182 Å². The van der Waals surface area contributed by atoms with E-state index in [1.807, 2.05) is 53.3 Å². The van der Waals surface area contributed by atoms with Gasteiger partial charge in [-0.15, -0.1) is 0 Å². The zero-order valence-electron chi connectivity index (χ0n) is 18.0. The Morgan fingerprint density at radius 3 is 2.65 bits per heavy atom. The normalized spacial score (nSPS) is 19.2. The SMILES string of the molecule is COc1ccc(-n2ncc3c2C[C@@H]2CC[C@H]3N2C(=O)CCc2cccc(OC)c2)cc1. The number of aryl methyl sites for hydroxylation is 1. The fraction of sp³-hybridized carbons (Fsp3) is 0.360. The largest absolute Gasteiger partial charge is 0.497 e. The van der Waals surface area contributed by atoms with E-state index in [1.165, 1.54) is 11.3 Å². The lowest BCUT2D eigenvalue weighted by molar-refractivity contribution is -0.134. The lowest BCUT2D eigenvalue weighted by atomic mass is 9.98. The van der Waals surface area contributed by atoms with Gasteiger partial charge in [0, 0.05) is 24.4 Å². The summed E-state index contributed by atoms with van der Waals surface area (Å²) in [5.41, 5.74) is 4.58. The maximum Gasteiger partial charge on any atom is 0.223 e. The van der Waals surface area contributed by atoms with Crippen LogP contribution in [0.1, 0.15) is 42.1 Å². The lowest BCUT2D eigenvalue weighted by Gasteiger charge is -2.35. The highest BCUT2D eigenvalue weighted by Crippen LogP contribution is 2.44. The summed E-state index contributed by atoms with van der Waals surface area (Å²) in [7, 11) is 3.34. The van der Waals surface area contributed by atoms with Gasteiger partial charge in [-0.2, -0.15) is 5.10 Å². The smallest absolute Gasteiger partial charge is 0.223 e. The second-order valence-electron chi connectivity index (χ2n) is 8.26. The van der Waals surface area contributed by atoms with Gasteiger partial charge in [-0.25, -0.2) is 4.68 Å². The molecule has 3 heterocycles. The van der Waals surface area contributed by atoms with Crippen molar-refractivity contribution in [2.45, 2.75) is 44.2 Å². The van der Waals surface area contributed by atoms with Crippen LogP contribution >= 0.6 is 0 Å². The van der Waals surface area contributed by atoms with Crippen molar-refractivity contribution in [1.82, 2.24) is 14.7 Å². The van der Waals surface area contributed by atoms with E-state index in [-0.39, 0.29) is 18.0 Å². The van der Waals surface area contributed by atoms with Crippen LogP contribution < -0.4 is 9.47 Å². The van der Waals surface area contributed by atoms with Crippen LogP contribution in [0.2, 0.25) is 0 Å². The number of benzene rings is 2. The minimum atomic E-state index is 0.138. The number of ether oxygens (including phenoxy) is 2. The predicted octanol–water partition coefficient (Wildman–Crippen LogP) is 4.11. The summed E-state index contributed by atoms with van der Waals surface area (Å²) in [5.74, 6) is 1.90. The quantitative estimate of drug-likeness (QED) is 0.606. The molecule has 6 heteroatoms. The van der Waals surface area contributed by atoms with Gasteiger partial charge in [0.25, 0.3) is 0 Å². The summed E-state index contributed by atoms with van der Waals surface area (Å²) in [6, 6.07) is 16.3. The Morgan fingerprint density at radius 1 is 1.06 bits per heavy atom. The highest BCUT2D eigenvalue weighted by atomic mass is 16.5. The first-order valence-corrected chi connectivity index (χ1v) is 10.8. The number of carbonyl (C=O) groups is 1. The predicted molar refractivity (Wildman–Crippen MR) is 118 cm³/mol. The average molecular weight is 418 g/mol. The van der Waals surface area contributed by atoms with Crippen LogP contribution in [-0.4, -0.2) is 40.8 Å². The molecule has 31 heavy (non-hydrogen) atoms. The Morgan fingerprint density at radius 2 is 1.87 bits per heavy atom. The summed E-state index contributed by atoms with van der Waals surface area (Å²) < 4.78 is 12.6. The molecule has 0 N–H and O–H groups in total. The molecule has 1 amide bonds. The van der Waals surface area contributed by atoms with E-state index < -0.39 is 0 Å². The number of carbonyl (C=O) groups excluding carboxylic acids is 1. The molecule has 2 aliphatic rings. The minimum absolute atomic E-state index is 0.138. The van der Waals surface area contributed by atoms with Crippen molar-refractivity contribution in [1.29, 1.82) is 0 Å². The van der Waals surface area contributed by atoms with Crippen molar-refractivity contribution < 1.29 is 14.3 Å². The van der Waals surface area contributed by atoms with Gasteiger partial charge in [-0.3, -0.25) is 4.79 Å².